The summed E-state index contributed by atoms with van der Waals surface area (Å²) in [6.45, 7) is 6.59. The number of ketones is 1. The Kier molecular flexibility index (Phi) is 8.91. The van der Waals surface area contributed by atoms with Crippen molar-refractivity contribution < 1.29 is 9.39 Å². The number of allylic oxidation sites excluding steroid dienone is 1. The van der Waals surface area contributed by atoms with Crippen LogP contribution in [0.25, 0.3) is 28.2 Å². The third kappa shape index (κ3) is 5.69. The molecule has 1 aliphatic heterocycles. The molecule has 2 heterocycles. The Morgan fingerprint density at radius 3 is 1.72 bits per heavy atom. The van der Waals surface area contributed by atoms with Crippen LogP contribution < -0.4 is 0 Å². The van der Waals surface area contributed by atoms with Crippen LogP contribution in [0.5, 0.6) is 0 Å². The molecule has 50 heavy (non-hydrogen) atoms. The zero-order valence-electron chi connectivity index (χ0n) is 29.0. The van der Waals surface area contributed by atoms with Crippen molar-refractivity contribution in [1.82, 2.24) is 20.2 Å². The van der Waals surface area contributed by atoms with Gasteiger partial charge in [-0.25, -0.2) is 0 Å². The number of unbranched alkanes of at least 4 members (excludes halogenated alkanes) is 1. The van der Waals surface area contributed by atoms with Gasteiger partial charge in [0.15, 0.2) is 17.0 Å². The second-order valence-corrected chi connectivity index (χ2v) is 13.0. The molecule has 0 radical (unpaired) electrons. The number of tetrazole rings is 1. The first kappa shape index (κ1) is 32.7. The van der Waals surface area contributed by atoms with Gasteiger partial charge in [0.2, 0.25) is 5.82 Å². The Bertz CT molecular complexity index is 2090. The highest BCUT2D eigenvalue weighted by molar-refractivity contribution is 6.26. The number of hydrogen-bond acceptors (Lipinski definition) is 5. The second-order valence-electron chi connectivity index (χ2n) is 13.0. The van der Waals surface area contributed by atoms with Crippen LogP contribution >= 0.6 is 0 Å². The summed E-state index contributed by atoms with van der Waals surface area (Å²) in [7, 11) is 2.10. The minimum Gasteiger partial charge on any atom is -0.294 e. The highest BCUT2D eigenvalue weighted by Gasteiger charge is 2.42. The molecule has 0 aliphatic carbocycles. The lowest BCUT2D eigenvalue weighted by Crippen LogP contribution is -2.39. The number of carbonyl (C=O) groups is 1. The van der Waals surface area contributed by atoms with Crippen LogP contribution in [0.3, 0.4) is 0 Å². The molecule has 0 spiro atoms. The van der Waals surface area contributed by atoms with Crippen LogP contribution in [0, 0.1) is 0 Å². The number of Topliss-reactive ketones (excluding diaryl/α,β-unsaturated/α-hetero) is 1. The number of carbonyl (C=O) groups excluding carboxylic acids is 1. The van der Waals surface area contributed by atoms with Crippen molar-refractivity contribution in [3.05, 3.63) is 167 Å². The van der Waals surface area contributed by atoms with E-state index in [0.29, 0.717) is 10.4 Å². The largest absolute Gasteiger partial charge is 0.294 e. The summed E-state index contributed by atoms with van der Waals surface area (Å²) < 4.78 is 0.379. The lowest BCUT2D eigenvalue weighted by atomic mass is 9.77. The molecule has 0 N–H and O–H groups in total. The van der Waals surface area contributed by atoms with Crippen LogP contribution in [0.2, 0.25) is 0 Å². The standard InChI is InChI=1S/C43H41N6O/c1-5-6-30-49(4)41(40(32(3)50)31(2)46-49)34-28-26-33(27-29-34)38-24-16-17-25-39(38)42-44-47-48(45-42)43(35-18-10-7-11-19-35,36-20-12-8-13-21-36)37-22-14-9-15-23-37/h7-29H,5-6,30H2,1-4H3/q+1. The van der Waals surface area contributed by atoms with E-state index in [1.54, 1.807) is 11.7 Å². The van der Waals surface area contributed by atoms with Crippen molar-refractivity contribution in [2.45, 2.75) is 39.2 Å². The number of quaternary nitrogens is 1. The van der Waals surface area contributed by atoms with Gasteiger partial charge in [-0.2, -0.15) is 4.59 Å². The number of nitrogens with zero attached hydrogens (tertiary/aromatic N) is 6. The van der Waals surface area contributed by atoms with Gasteiger partial charge in [0.1, 0.15) is 17.8 Å². The SMILES string of the molecule is CCCC[N+]1(C)N=C(C)C(C(C)=O)=C1c1ccc(-c2ccccc2-c2nnn(C(c3ccccc3)(c3ccccc3)c3ccccc3)n2)cc1. The molecule has 5 aromatic carbocycles. The molecule has 6 aromatic rings. The first-order valence-corrected chi connectivity index (χ1v) is 17.2. The van der Waals surface area contributed by atoms with Gasteiger partial charge in [0.05, 0.1) is 7.05 Å². The van der Waals surface area contributed by atoms with Gasteiger partial charge in [-0.15, -0.1) is 15.0 Å². The molecule has 1 unspecified atom stereocenters. The van der Waals surface area contributed by atoms with Crippen molar-refractivity contribution >= 4 is 17.2 Å². The highest BCUT2D eigenvalue weighted by atomic mass is 16.1. The quantitative estimate of drug-likeness (QED) is 0.103. The molecule has 7 rings (SSSR count). The van der Waals surface area contributed by atoms with E-state index < -0.39 is 5.54 Å². The third-order valence-corrected chi connectivity index (χ3v) is 9.68. The minimum atomic E-state index is -0.863. The van der Waals surface area contributed by atoms with Crippen LogP contribution in [0.1, 0.15) is 55.9 Å². The van der Waals surface area contributed by atoms with Gasteiger partial charge in [0.25, 0.3) is 0 Å². The normalized spacial score (nSPS) is 16.0. The molecule has 0 amide bonds. The smallest absolute Gasteiger partial charge is 0.205 e. The predicted octanol–water partition coefficient (Wildman–Crippen LogP) is 8.78. The Hall–Kier alpha value is -5.79. The average molecular weight is 658 g/mol. The minimum absolute atomic E-state index is 0.0424. The number of aromatic nitrogens is 4. The maximum absolute atomic E-state index is 12.9. The predicted molar refractivity (Wildman–Crippen MR) is 200 cm³/mol. The topological polar surface area (TPSA) is 73.0 Å². The lowest BCUT2D eigenvalue weighted by molar-refractivity contribution is -0.844. The van der Waals surface area contributed by atoms with Crippen molar-refractivity contribution in [2.24, 2.45) is 5.10 Å². The van der Waals surface area contributed by atoms with E-state index in [1.165, 1.54) is 0 Å². The Labute approximate surface area is 293 Å². The molecule has 1 atom stereocenters. The van der Waals surface area contributed by atoms with E-state index in [0.717, 1.165) is 75.3 Å². The molecule has 1 aliphatic rings. The van der Waals surface area contributed by atoms with E-state index in [2.05, 4.69) is 80.7 Å². The summed E-state index contributed by atoms with van der Waals surface area (Å²) in [6, 6.07) is 47.7. The number of benzene rings is 5. The van der Waals surface area contributed by atoms with Gasteiger partial charge in [-0.3, -0.25) is 4.79 Å². The Morgan fingerprint density at radius 1 is 0.700 bits per heavy atom. The van der Waals surface area contributed by atoms with E-state index in [-0.39, 0.29) is 5.78 Å². The molecular formula is C43H41N6O+. The van der Waals surface area contributed by atoms with Crippen molar-refractivity contribution in [3.63, 3.8) is 0 Å². The summed E-state index contributed by atoms with van der Waals surface area (Å²) in [5.41, 5.74) is 8.59. The maximum atomic E-state index is 12.9. The van der Waals surface area contributed by atoms with Crippen LogP contribution in [0.15, 0.2) is 150 Å². The fourth-order valence-electron chi connectivity index (χ4n) is 7.40. The van der Waals surface area contributed by atoms with Crippen LogP contribution in [-0.4, -0.2) is 49.9 Å². The van der Waals surface area contributed by atoms with Gasteiger partial charge >= 0.3 is 0 Å². The molecule has 0 saturated heterocycles. The summed E-state index contributed by atoms with van der Waals surface area (Å²) in [5.74, 6) is 0.572. The average Bonchev–Trinajstić information content (AvgIpc) is 3.75. The lowest BCUT2D eigenvalue weighted by Gasteiger charge is -2.34. The van der Waals surface area contributed by atoms with Crippen molar-refractivity contribution in [1.29, 1.82) is 0 Å². The number of rotatable bonds is 11. The Balaban J connectivity index is 1.33. The van der Waals surface area contributed by atoms with E-state index >= 15 is 0 Å². The fraction of sp³-hybridized carbons (Fsp3) is 0.186. The maximum Gasteiger partial charge on any atom is 0.205 e. The molecular weight excluding hydrogens is 617 g/mol. The van der Waals surface area contributed by atoms with Crippen molar-refractivity contribution in [2.75, 3.05) is 13.6 Å². The van der Waals surface area contributed by atoms with Crippen molar-refractivity contribution in [3.8, 4) is 22.5 Å². The third-order valence-electron chi connectivity index (χ3n) is 9.68. The van der Waals surface area contributed by atoms with E-state index in [9.17, 15) is 4.79 Å². The molecule has 0 fully saturated rings. The first-order valence-electron chi connectivity index (χ1n) is 17.2. The molecule has 0 bridgehead atoms. The molecule has 0 saturated carbocycles. The van der Waals surface area contributed by atoms with Gasteiger partial charge in [-0.05, 0) is 65.4 Å². The Morgan fingerprint density at radius 2 is 1.20 bits per heavy atom. The summed E-state index contributed by atoms with van der Waals surface area (Å²) in [5, 5.41) is 19.6. The van der Waals surface area contributed by atoms with E-state index in [1.807, 2.05) is 79.7 Å². The van der Waals surface area contributed by atoms with E-state index in [4.69, 9.17) is 20.5 Å². The summed E-state index contributed by atoms with van der Waals surface area (Å²) >= 11 is 0. The molecule has 1 aromatic heterocycles. The fourth-order valence-corrected chi connectivity index (χ4v) is 7.40. The zero-order valence-corrected chi connectivity index (χ0v) is 29.0. The van der Waals surface area contributed by atoms with Crippen LogP contribution in [-0.2, 0) is 10.3 Å². The summed E-state index contributed by atoms with van der Waals surface area (Å²) in [4.78, 5) is 14.6. The van der Waals surface area contributed by atoms with Gasteiger partial charge < -0.3 is 0 Å². The highest BCUT2D eigenvalue weighted by Crippen LogP contribution is 2.41. The zero-order chi connectivity index (χ0) is 34.7. The summed E-state index contributed by atoms with van der Waals surface area (Å²) in [6.07, 6.45) is 2.07. The molecule has 7 nitrogen and oxygen atoms in total. The first-order chi connectivity index (χ1) is 24.4. The number of hydrogen-bond donors (Lipinski definition) is 0. The van der Waals surface area contributed by atoms with Gasteiger partial charge in [0, 0.05) is 11.1 Å². The molecule has 248 valence electrons. The second kappa shape index (κ2) is 13.6. The van der Waals surface area contributed by atoms with Gasteiger partial charge in [-0.1, -0.05) is 146 Å². The van der Waals surface area contributed by atoms with Crippen LogP contribution in [0.4, 0.5) is 0 Å². The molecule has 7 heteroatoms. The monoisotopic (exact) mass is 657 g/mol.